The first-order valence-corrected chi connectivity index (χ1v) is 13.9. The Hall–Kier alpha value is -4.73. The van der Waals surface area contributed by atoms with Crippen LogP contribution in [0.15, 0.2) is 97.1 Å². The number of aryl methyl sites for hydroxylation is 1. The Balaban J connectivity index is 0.00000124. The highest BCUT2D eigenvalue weighted by Gasteiger charge is 2.16. The van der Waals surface area contributed by atoms with E-state index in [9.17, 15) is 4.79 Å². The van der Waals surface area contributed by atoms with Gasteiger partial charge in [0.2, 0.25) is 0 Å². The van der Waals surface area contributed by atoms with Gasteiger partial charge in [0.25, 0.3) is 5.91 Å². The highest BCUT2D eigenvalue weighted by Crippen LogP contribution is 2.28. The number of carbonyl (C=O) groups is 1. The molecular formula is C36H36N2O3. The lowest BCUT2D eigenvalue weighted by Gasteiger charge is -2.16. The van der Waals surface area contributed by atoms with E-state index < -0.39 is 0 Å². The second-order valence-corrected chi connectivity index (χ2v) is 10.7. The molecule has 0 unspecified atom stereocenters. The summed E-state index contributed by atoms with van der Waals surface area (Å²) in [6, 6.07) is 33.8. The summed E-state index contributed by atoms with van der Waals surface area (Å²) in [6.07, 6.45) is 0.250. The van der Waals surface area contributed by atoms with Crippen LogP contribution in [0.5, 0.6) is 0 Å². The molecule has 0 aliphatic rings. The Morgan fingerprint density at radius 1 is 0.780 bits per heavy atom. The number of hydrogen-bond acceptors (Lipinski definition) is 3. The topological polar surface area (TPSA) is 68.2 Å². The van der Waals surface area contributed by atoms with Gasteiger partial charge < -0.3 is 9.88 Å². The number of aromatic nitrogens is 1. The van der Waals surface area contributed by atoms with Crippen LogP contribution in [0.3, 0.4) is 0 Å². The zero-order chi connectivity index (χ0) is 29.5. The second-order valence-electron chi connectivity index (χ2n) is 10.7. The summed E-state index contributed by atoms with van der Waals surface area (Å²) in [5.41, 5.74) is 10.4. The average molecular weight is 545 g/mol. The Labute approximate surface area is 241 Å². The van der Waals surface area contributed by atoms with E-state index in [1.54, 1.807) is 0 Å². The number of rotatable bonds is 7. The van der Waals surface area contributed by atoms with Crippen LogP contribution in [-0.4, -0.2) is 16.6 Å². The maximum Gasteiger partial charge on any atom is 0.373 e. The molecule has 1 aromatic heterocycles. The molecular weight excluding hydrogens is 508 g/mol. The van der Waals surface area contributed by atoms with Crippen LogP contribution in [0.4, 0.5) is 0 Å². The van der Waals surface area contributed by atoms with Gasteiger partial charge in [0, 0.05) is 28.7 Å². The van der Waals surface area contributed by atoms with Gasteiger partial charge in [-0.3, -0.25) is 4.79 Å². The van der Waals surface area contributed by atoms with E-state index in [1.807, 2.05) is 25.1 Å². The van der Waals surface area contributed by atoms with Gasteiger partial charge in [-0.15, -0.1) is 0 Å². The first-order chi connectivity index (χ1) is 19.7. The van der Waals surface area contributed by atoms with E-state index in [1.165, 1.54) is 33.5 Å². The summed E-state index contributed by atoms with van der Waals surface area (Å²) in [5.74, 6) is 0.446. The van der Waals surface area contributed by atoms with E-state index in [2.05, 4.69) is 116 Å². The molecule has 0 bridgehead atoms. The molecule has 1 atom stereocenters. The molecule has 5 aromatic rings. The molecule has 0 saturated heterocycles. The highest BCUT2D eigenvalue weighted by molar-refractivity contribution is 5.99. The average Bonchev–Trinajstić information content (AvgIpc) is 3.22. The van der Waals surface area contributed by atoms with Crippen molar-refractivity contribution in [2.45, 2.75) is 53.1 Å². The zero-order valence-electron chi connectivity index (χ0n) is 24.3. The number of carbonyl (C=O) groups excluding carboxylic acids is 3. The quantitative estimate of drug-likeness (QED) is 0.226. The minimum atomic E-state index is -0.0642. The molecule has 0 aliphatic carbocycles. The summed E-state index contributed by atoms with van der Waals surface area (Å²) < 4.78 is 2.35. The first kappa shape index (κ1) is 29.3. The number of benzene rings is 4. The van der Waals surface area contributed by atoms with Crippen molar-refractivity contribution in [3.05, 3.63) is 131 Å². The van der Waals surface area contributed by atoms with Gasteiger partial charge in [0.05, 0.1) is 6.04 Å². The number of fused-ring (bicyclic) bond motifs is 1. The summed E-state index contributed by atoms with van der Waals surface area (Å²) >= 11 is 0. The molecule has 0 radical (unpaired) electrons. The molecule has 5 rings (SSSR count). The van der Waals surface area contributed by atoms with E-state index in [0.717, 1.165) is 23.0 Å². The number of hydrogen-bond donors (Lipinski definition) is 1. The van der Waals surface area contributed by atoms with E-state index in [0.29, 0.717) is 11.5 Å². The molecule has 0 fully saturated rings. The zero-order valence-corrected chi connectivity index (χ0v) is 24.3. The van der Waals surface area contributed by atoms with Crippen molar-refractivity contribution in [3.63, 3.8) is 0 Å². The first-order valence-electron chi connectivity index (χ1n) is 13.9. The van der Waals surface area contributed by atoms with E-state index in [-0.39, 0.29) is 18.1 Å². The smallest absolute Gasteiger partial charge is 0.346 e. The highest BCUT2D eigenvalue weighted by atomic mass is 16.2. The van der Waals surface area contributed by atoms with Gasteiger partial charge in [-0.2, -0.15) is 9.59 Å². The maximum atomic E-state index is 13.2. The van der Waals surface area contributed by atoms with Gasteiger partial charge in [0.15, 0.2) is 0 Å². The van der Waals surface area contributed by atoms with Gasteiger partial charge in [-0.1, -0.05) is 92.7 Å². The van der Waals surface area contributed by atoms with Crippen molar-refractivity contribution < 1.29 is 14.4 Å². The molecule has 208 valence electrons. The van der Waals surface area contributed by atoms with Crippen LogP contribution in [0, 0.1) is 13.8 Å². The van der Waals surface area contributed by atoms with Crippen LogP contribution in [-0.2, 0) is 16.1 Å². The van der Waals surface area contributed by atoms with Crippen molar-refractivity contribution in [2.75, 3.05) is 0 Å². The van der Waals surface area contributed by atoms with Crippen LogP contribution in [0.1, 0.15) is 71.0 Å². The van der Waals surface area contributed by atoms with Gasteiger partial charge in [-0.05, 0) is 78.3 Å². The SMILES string of the molecule is Cc1c(C)n(Cc2ccc(-c3ccccc3)cc2)c2ccc(C(=O)N[C@@H](C)c3ccc(C(C)C)cc3)cc12.O=C=O. The Morgan fingerprint density at radius 3 is 1.98 bits per heavy atom. The predicted molar refractivity (Wildman–Crippen MR) is 164 cm³/mol. The van der Waals surface area contributed by atoms with E-state index in [4.69, 9.17) is 9.59 Å². The normalized spacial score (nSPS) is 11.5. The van der Waals surface area contributed by atoms with Crippen LogP contribution in [0.2, 0.25) is 0 Å². The molecule has 0 spiro atoms. The fraction of sp³-hybridized carbons (Fsp3) is 0.222. The Morgan fingerprint density at radius 2 is 1.37 bits per heavy atom. The minimum absolute atomic E-state index is 0.0476. The van der Waals surface area contributed by atoms with Crippen molar-refractivity contribution in [2.24, 2.45) is 0 Å². The summed E-state index contributed by atoms with van der Waals surface area (Å²) in [5, 5.41) is 4.31. The lowest BCUT2D eigenvalue weighted by molar-refractivity contribution is -0.191. The molecule has 5 heteroatoms. The van der Waals surface area contributed by atoms with Crippen LogP contribution >= 0.6 is 0 Å². The third-order valence-electron chi connectivity index (χ3n) is 7.75. The number of nitrogens with one attached hydrogen (secondary N) is 1. The molecule has 1 heterocycles. The molecule has 5 nitrogen and oxygen atoms in total. The molecule has 0 saturated carbocycles. The van der Waals surface area contributed by atoms with Gasteiger partial charge in [-0.25, -0.2) is 0 Å². The fourth-order valence-corrected chi connectivity index (χ4v) is 5.14. The molecule has 41 heavy (non-hydrogen) atoms. The molecule has 4 aromatic carbocycles. The standard InChI is InChI=1S/C35H36N2O.CO2/c1-23(2)28-15-17-29(18-16-28)25(4)36-35(38)32-19-20-34-33(21-32)24(3)26(5)37(34)22-27-11-13-31(14-12-27)30-9-7-6-8-10-30;2-1-3/h6-21,23,25H,22H2,1-5H3,(H,36,38);/t25-;/m0./s1. The largest absolute Gasteiger partial charge is 0.373 e. The van der Waals surface area contributed by atoms with Crippen LogP contribution in [0.25, 0.3) is 22.0 Å². The molecule has 0 aliphatic heterocycles. The maximum absolute atomic E-state index is 13.2. The number of nitrogens with zero attached hydrogens (tertiary/aromatic N) is 1. The fourth-order valence-electron chi connectivity index (χ4n) is 5.14. The minimum Gasteiger partial charge on any atom is -0.346 e. The van der Waals surface area contributed by atoms with Crippen molar-refractivity contribution in [1.29, 1.82) is 0 Å². The summed E-state index contributed by atoms with van der Waals surface area (Å²) in [4.78, 5) is 29.4. The van der Waals surface area contributed by atoms with Crippen molar-refractivity contribution in [1.82, 2.24) is 9.88 Å². The van der Waals surface area contributed by atoms with E-state index >= 15 is 0 Å². The lowest BCUT2D eigenvalue weighted by Crippen LogP contribution is -2.26. The van der Waals surface area contributed by atoms with Gasteiger partial charge in [0.1, 0.15) is 0 Å². The number of amides is 1. The second kappa shape index (κ2) is 13.1. The monoisotopic (exact) mass is 544 g/mol. The lowest BCUT2D eigenvalue weighted by atomic mass is 9.99. The summed E-state index contributed by atoms with van der Waals surface area (Å²) in [6.45, 7) is 11.5. The predicted octanol–water partition coefficient (Wildman–Crippen LogP) is 8.00. The Bertz CT molecular complexity index is 1660. The summed E-state index contributed by atoms with van der Waals surface area (Å²) in [7, 11) is 0. The van der Waals surface area contributed by atoms with Crippen LogP contribution < -0.4 is 5.32 Å². The van der Waals surface area contributed by atoms with Crippen molar-refractivity contribution in [3.8, 4) is 11.1 Å². The van der Waals surface area contributed by atoms with Crippen molar-refractivity contribution >= 4 is 23.0 Å². The molecule has 1 N–H and O–H groups in total. The molecule has 1 amide bonds. The Kier molecular flexibility index (Phi) is 9.34. The third kappa shape index (κ3) is 6.71. The third-order valence-corrected chi connectivity index (χ3v) is 7.75. The van der Waals surface area contributed by atoms with Gasteiger partial charge >= 0.3 is 6.15 Å².